The zero-order valence-corrected chi connectivity index (χ0v) is 13.7. The van der Waals surface area contributed by atoms with Crippen LogP contribution in [0.25, 0.3) is 0 Å². The van der Waals surface area contributed by atoms with Crippen molar-refractivity contribution < 1.29 is 17.9 Å². The molecular formula is C17H17NO4S. The molecule has 0 aromatic heterocycles. The smallest absolute Gasteiger partial charge is 0.358 e. The Morgan fingerprint density at radius 2 is 1.65 bits per heavy atom. The van der Waals surface area contributed by atoms with Gasteiger partial charge in [-0.05, 0) is 26.0 Å². The quantitative estimate of drug-likeness (QED) is 0.624. The Morgan fingerprint density at radius 1 is 1.04 bits per heavy atom. The molecule has 0 unspecified atom stereocenters. The molecule has 2 rings (SSSR count). The number of carbonyl (C=O) groups is 1. The number of ether oxygens (including phenoxy) is 1. The number of esters is 1. The van der Waals surface area contributed by atoms with E-state index >= 15 is 0 Å². The van der Waals surface area contributed by atoms with Crippen LogP contribution in [-0.2, 0) is 19.6 Å². The fourth-order valence-corrected chi connectivity index (χ4v) is 2.89. The molecule has 2 aromatic carbocycles. The van der Waals surface area contributed by atoms with Crippen molar-refractivity contribution in [1.29, 1.82) is 0 Å². The van der Waals surface area contributed by atoms with Gasteiger partial charge < -0.3 is 4.74 Å². The fraction of sp³-hybridized carbons (Fsp3) is 0.176. The summed E-state index contributed by atoms with van der Waals surface area (Å²) in [5, 5.41) is 0. The third kappa shape index (κ3) is 4.26. The van der Waals surface area contributed by atoms with Crippen molar-refractivity contribution in [3.05, 3.63) is 65.7 Å². The summed E-state index contributed by atoms with van der Waals surface area (Å²) in [4.78, 5) is 12.1. The van der Waals surface area contributed by atoms with E-state index in [1.54, 1.807) is 49.4 Å². The monoisotopic (exact) mass is 331 g/mol. The standard InChI is InChI=1S/C17H17NO4S/c1-3-22-17(19)16(14-7-5-4-6-8-14)18-23(20,21)15-11-9-13(2)10-12-15/h4-12H,3H2,1-2H3/b18-16-. The van der Waals surface area contributed by atoms with E-state index in [9.17, 15) is 13.2 Å². The van der Waals surface area contributed by atoms with Gasteiger partial charge in [0, 0.05) is 5.56 Å². The Bertz CT molecular complexity index is 809. The number of aryl methyl sites for hydroxylation is 1. The maximum atomic E-state index is 12.4. The molecule has 0 atom stereocenters. The van der Waals surface area contributed by atoms with Crippen LogP contribution < -0.4 is 0 Å². The molecule has 0 radical (unpaired) electrons. The highest BCUT2D eigenvalue weighted by Gasteiger charge is 2.21. The third-order valence-electron chi connectivity index (χ3n) is 3.05. The lowest BCUT2D eigenvalue weighted by Crippen LogP contribution is -2.20. The second kappa shape index (κ2) is 7.19. The summed E-state index contributed by atoms with van der Waals surface area (Å²) in [5.41, 5.74) is 1.09. The average Bonchev–Trinajstić information content (AvgIpc) is 2.54. The van der Waals surface area contributed by atoms with Crippen molar-refractivity contribution in [2.24, 2.45) is 4.40 Å². The molecule has 120 valence electrons. The van der Waals surface area contributed by atoms with Crippen LogP contribution in [0.5, 0.6) is 0 Å². The number of rotatable bonds is 5. The molecule has 2 aromatic rings. The first-order chi connectivity index (χ1) is 10.9. The van der Waals surface area contributed by atoms with E-state index in [0.717, 1.165) is 5.56 Å². The van der Waals surface area contributed by atoms with Gasteiger partial charge in [-0.3, -0.25) is 0 Å². The van der Waals surface area contributed by atoms with Crippen LogP contribution >= 0.6 is 0 Å². The Morgan fingerprint density at radius 3 is 2.22 bits per heavy atom. The first-order valence-corrected chi connectivity index (χ1v) is 8.52. The summed E-state index contributed by atoms with van der Waals surface area (Å²) in [5.74, 6) is -0.769. The van der Waals surface area contributed by atoms with E-state index in [0.29, 0.717) is 5.56 Å². The SMILES string of the molecule is CCOC(=O)/C(=N\S(=O)(=O)c1ccc(C)cc1)c1ccccc1. The average molecular weight is 331 g/mol. The zero-order valence-electron chi connectivity index (χ0n) is 12.9. The summed E-state index contributed by atoms with van der Waals surface area (Å²) in [6.07, 6.45) is 0. The lowest BCUT2D eigenvalue weighted by atomic mass is 10.1. The van der Waals surface area contributed by atoms with Gasteiger partial charge in [0.25, 0.3) is 10.0 Å². The van der Waals surface area contributed by atoms with E-state index < -0.39 is 16.0 Å². The van der Waals surface area contributed by atoms with E-state index in [1.165, 1.54) is 12.1 Å². The largest absolute Gasteiger partial charge is 0.461 e. The van der Waals surface area contributed by atoms with Gasteiger partial charge in [0.15, 0.2) is 5.71 Å². The highest BCUT2D eigenvalue weighted by molar-refractivity contribution is 7.90. The van der Waals surface area contributed by atoms with Gasteiger partial charge in [0.1, 0.15) is 0 Å². The van der Waals surface area contributed by atoms with Gasteiger partial charge in [0.05, 0.1) is 11.5 Å². The fourth-order valence-electron chi connectivity index (χ4n) is 1.89. The van der Waals surface area contributed by atoms with Gasteiger partial charge in [-0.2, -0.15) is 12.8 Å². The molecule has 0 amide bonds. The molecule has 0 spiro atoms. The molecule has 5 nitrogen and oxygen atoms in total. The first-order valence-electron chi connectivity index (χ1n) is 7.08. The van der Waals surface area contributed by atoms with Crippen molar-refractivity contribution in [2.45, 2.75) is 18.7 Å². The van der Waals surface area contributed by atoms with Gasteiger partial charge in [-0.15, -0.1) is 0 Å². The van der Waals surface area contributed by atoms with Gasteiger partial charge in [0.2, 0.25) is 0 Å². The molecule has 0 bridgehead atoms. The second-order valence-electron chi connectivity index (χ2n) is 4.81. The summed E-state index contributed by atoms with van der Waals surface area (Å²) >= 11 is 0. The normalized spacial score (nSPS) is 12.0. The Hall–Kier alpha value is -2.47. The van der Waals surface area contributed by atoms with Crippen LogP contribution in [0, 0.1) is 6.92 Å². The zero-order chi connectivity index (χ0) is 16.9. The molecule has 0 fully saturated rings. The van der Waals surface area contributed by atoms with E-state index in [4.69, 9.17) is 4.74 Å². The highest BCUT2D eigenvalue weighted by atomic mass is 32.2. The second-order valence-corrected chi connectivity index (χ2v) is 6.42. The van der Waals surface area contributed by atoms with Crippen LogP contribution in [0.4, 0.5) is 0 Å². The predicted octanol–water partition coefficient (Wildman–Crippen LogP) is 2.74. The lowest BCUT2D eigenvalue weighted by Gasteiger charge is -2.07. The minimum atomic E-state index is -4.00. The molecule has 6 heteroatoms. The summed E-state index contributed by atoms with van der Waals surface area (Å²) < 4.78 is 33.5. The Balaban J connectivity index is 2.51. The van der Waals surface area contributed by atoms with Crippen LogP contribution in [0.15, 0.2) is 63.9 Å². The molecule has 0 aliphatic heterocycles. The molecule has 0 saturated carbocycles. The van der Waals surface area contributed by atoms with Crippen molar-refractivity contribution in [1.82, 2.24) is 0 Å². The molecule has 0 N–H and O–H groups in total. The van der Waals surface area contributed by atoms with E-state index in [1.807, 2.05) is 6.92 Å². The third-order valence-corrected chi connectivity index (χ3v) is 4.34. The number of nitrogens with zero attached hydrogens (tertiary/aromatic N) is 1. The maximum Gasteiger partial charge on any atom is 0.358 e. The molecular weight excluding hydrogens is 314 g/mol. The van der Waals surface area contributed by atoms with Crippen LogP contribution in [0.1, 0.15) is 18.1 Å². The van der Waals surface area contributed by atoms with Crippen molar-refractivity contribution in [3.8, 4) is 0 Å². The molecule has 0 heterocycles. The number of carbonyl (C=O) groups excluding carboxylic acids is 1. The summed E-state index contributed by atoms with van der Waals surface area (Å²) in [6.45, 7) is 3.64. The Labute approximate surface area is 135 Å². The minimum absolute atomic E-state index is 0.0285. The van der Waals surface area contributed by atoms with Crippen LogP contribution in [-0.4, -0.2) is 26.7 Å². The number of hydrogen-bond acceptors (Lipinski definition) is 4. The Kier molecular flexibility index (Phi) is 5.28. The molecule has 23 heavy (non-hydrogen) atoms. The van der Waals surface area contributed by atoms with Crippen molar-refractivity contribution in [2.75, 3.05) is 6.61 Å². The summed E-state index contributed by atoms with van der Waals surface area (Å²) in [7, 11) is -4.00. The molecule has 0 saturated heterocycles. The van der Waals surface area contributed by atoms with Crippen LogP contribution in [0.3, 0.4) is 0 Å². The van der Waals surface area contributed by atoms with Gasteiger partial charge >= 0.3 is 5.97 Å². The molecule has 0 aliphatic rings. The lowest BCUT2D eigenvalue weighted by molar-refractivity contribution is -0.134. The predicted molar refractivity (Wildman–Crippen MR) is 88.0 cm³/mol. The number of hydrogen-bond donors (Lipinski definition) is 0. The van der Waals surface area contributed by atoms with Crippen molar-refractivity contribution in [3.63, 3.8) is 0 Å². The first kappa shape index (κ1) is 16.9. The maximum absolute atomic E-state index is 12.4. The molecule has 0 aliphatic carbocycles. The van der Waals surface area contributed by atoms with Crippen molar-refractivity contribution >= 4 is 21.7 Å². The highest BCUT2D eigenvalue weighted by Crippen LogP contribution is 2.15. The van der Waals surface area contributed by atoms with E-state index in [-0.39, 0.29) is 17.2 Å². The van der Waals surface area contributed by atoms with Crippen LogP contribution in [0.2, 0.25) is 0 Å². The van der Waals surface area contributed by atoms with E-state index in [2.05, 4.69) is 4.40 Å². The van der Waals surface area contributed by atoms with Gasteiger partial charge in [-0.25, -0.2) is 4.79 Å². The van der Waals surface area contributed by atoms with Gasteiger partial charge in [-0.1, -0.05) is 48.0 Å². The topological polar surface area (TPSA) is 72.8 Å². The number of sulfonamides is 1. The number of benzene rings is 2. The summed E-state index contributed by atoms with van der Waals surface area (Å²) in [6, 6.07) is 14.7. The minimum Gasteiger partial charge on any atom is -0.461 e.